The highest BCUT2D eigenvalue weighted by Crippen LogP contribution is 2.34. The Hall–Kier alpha value is -3.95. The summed E-state index contributed by atoms with van der Waals surface area (Å²) < 4.78 is 11.2. The monoisotopic (exact) mass is 464 g/mol. The van der Waals surface area contributed by atoms with Gasteiger partial charge in [-0.05, 0) is 37.8 Å². The average molecular weight is 465 g/mol. The van der Waals surface area contributed by atoms with Crippen molar-refractivity contribution in [2.45, 2.75) is 51.3 Å². The lowest BCUT2D eigenvalue weighted by Crippen LogP contribution is -2.20. The molecular weight excluding hydrogens is 436 g/mol. The molecule has 0 spiro atoms. The Labute approximate surface area is 197 Å². The van der Waals surface area contributed by atoms with Crippen LogP contribution in [0.15, 0.2) is 42.9 Å². The van der Waals surface area contributed by atoms with Gasteiger partial charge in [-0.2, -0.15) is 4.98 Å². The fourth-order valence-electron chi connectivity index (χ4n) is 3.85. The third-order valence-corrected chi connectivity index (χ3v) is 5.50. The van der Waals surface area contributed by atoms with E-state index in [1.807, 2.05) is 24.3 Å². The van der Waals surface area contributed by atoms with E-state index < -0.39 is 5.97 Å². The Morgan fingerprint density at radius 1 is 0.971 bits per heavy atom. The van der Waals surface area contributed by atoms with Crippen LogP contribution in [-0.4, -0.2) is 44.2 Å². The van der Waals surface area contributed by atoms with E-state index in [-0.39, 0.29) is 6.17 Å². The summed E-state index contributed by atoms with van der Waals surface area (Å²) in [5, 5.41) is 14.1. The molecule has 0 bridgehead atoms. The summed E-state index contributed by atoms with van der Waals surface area (Å²) in [6.07, 6.45) is 11.4. The number of aliphatic carboxylic acids is 1. The zero-order chi connectivity index (χ0) is 23.9. The lowest BCUT2D eigenvalue weighted by atomic mass is 9.98. The third kappa shape index (κ3) is 5.89. The molecule has 0 radical (unpaired) electrons. The number of nitrogens with zero attached hydrogens (tertiary/aromatic N) is 4. The maximum absolute atomic E-state index is 9.00. The van der Waals surface area contributed by atoms with Gasteiger partial charge in [0.05, 0.1) is 30.9 Å². The van der Waals surface area contributed by atoms with Crippen LogP contribution in [0.4, 0.5) is 11.5 Å². The van der Waals surface area contributed by atoms with Gasteiger partial charge in [0.15, 0.2) is 5.82 Å². The average Bonchev–Trinajstić information content (AvgIpc) is 3.28. The number of ether oxygens (including phenoxy) is 2. The standard InChI is InChI=1S/C22H24N6O2.C2H4O2/c1-29-20-10-8-16-21(27-20)28-22(26-16)18-13-23-17(12-24-18)14-7-9-19(25-11-14)30-15-5-3-2-4-6-15;1-2(3)4/h7-13,15,22,26H,2-6H2,1H3,(H,27,28);1H3,(H,3,4). The minimum absolute atomic E-state index is 0.189. The number of rotatable bonds is 5. The van der Waals surface area contributed by atoms with E-state index in [0.717, 1.165) is 48.2 Å². The van der Waals surface area contributed by atoms with Crippen molar-refractivity contribution < 1.29 is 19.4 Å². The molecule has 1 aliphatic carbocycles. The van der Waals surface area contributed by atoms with Crippen LogP contribution in [0.25, 0.3) is 11.3 Å². The van der Waals surface area contributed by atoms with Crippen molar-refractivity contribution in [1.29, 1.82) is 0 Å². The van der Waals surface area contributed by atoms with E-state index >= 15 is 0 Å². The molecule has 1 saturated carbocycles. The predicted molar refractivity (Wildman–Crippen MR) is 127 cm³/mol. The van der Waals surface area contributed by atoms with Crippen LogP contribution in [0.1, 0.15) is 50.9 Å². The molecule has 1 aliphatic heterocycles. The Bertz CT molecular complexity index is 1100. The van der Waals surface area contributed by atoms with Crippen molar-refractivity contribution in [2.24, 2.45) is 0 Å². The van der Waals surface area contributed by atoms with Crippen molar-refractivity contribution in [3.63, 3.8) is 0 Å². The molecular formula is C24H28N6O4. The molecule has 3 aromatic heterocycles. The van der Waals surface area contributed by atoms with E-state index in [1.54, 1.807) is 25.7 Å². The third-order valence-electron chi connectivity index (χ3n) is 5.50. The summed E-state index contributed by atoms with van der Waals surface area (Å²) in [5.74, 6) is 1.15. The van der Waals surface area contributed by atoms with Gasteiger partial charge in [-0.25, -0.2) is 4.98 Å². The van der Waals surface area contributed by atoms with E-state index in [1.165, 1.54) is 19.3 Å². The first kappa shape index (κ1) is 23.2. The van der Waals surface area contributed by atoms with Crippen LogP contribution < -0.4 is 20.1 Å². The number of fused-ring (bicyclic) bond motifs is 1. The maximum Gasteiger partial charge on any atom is 0.300 e. The number of hydrogen-bond donors (Lipinski definition) is 3. The van der Waals surface area contributed by atoms with Crippen LogP contribution in [0.5, 0.6) is 11.8 Å². The summed E-state index contributed by atoms with van der Waals surface area (Å²) in [5.41, 5.74) is 3.36. The number of anilines is 2. The van der Waals surface area contributed by atoms with Crippen molar-refractivity contribution in [3.8, 4) is 23.0 Å². The number of pyridine rings is 2. The molecule has 0 saturated heterocycles. The summed E-state index contributed by atoms with van der Waals surface area (Å²) in [4.78, 5) is 27.0. The fourth-order valence-corrected chi connectivity index (χ4v) is 3.85. The molecule has 2 aliphatic rings. The molecule has 3 aromatic rings. The van der Waals surface area contributed by atoms with Crippen molar-refractivity contribution >= 4 is 17.5 Å². The highest BCUT2D eigenvalue weighted by molar-refractivity contribution is 5.71. The topological polar surface area (TPSA) is 131 Å². The highest BCUT2D eigenvalue weighted by Gasteiger charge is 2.24. The lowest BCUT2D eigenvalue weighted by Gasteiger charge is -2.22. The molecule has 34 heavy (non-hydrogen) atoms. The summed E-state index contributed by atoms with van der Waals surface area (Å²) in [6, 6.07) is 7.64. The zero-order valence-electron chi connectivity index (χ0n) is 19.2. The van der Waals surface area contributed by atoms with Gasteiger partial charge in [0.2, 0.25) is 11.8 Å². The van der Waals surface area contributed by atoms with Gasteiger partial charge in [-0.3, -0.25) is 14.8 Å². The number of carboxylic acids is 1. The summed E-state index contributed by atoms with van der Waals surface area (Å²) >= 11 is 0. The number of aromatic nitrogens is 4. The molecule has 10 nitrogen and oxygen atoms in total. The predicted octanol–water partition coefficient (Wildman–Crippen LogP) is 4.28. The molecule has 1 fully saturated rings. The van der Waals surface area contributed by atoms with Gasteiger partial charge in [0, 0.05) is 30.8 Å². The van der Waals surface area contributed by atoms with E-state index in [0.29, 0.717) is 17.9 Å². The molecule has 5 rings (SSSR count). The van der Waals surface area contributed by atoms with Crippen LogP contribution in [0.2, 0.25) is 0 Å². The van der Waals surface area contributed by atoms with Gasteiger partial charge in [0.1, 0.15) is 18.0 Å². The first-order valence-corrected chi connectivity index (χ1v) is 11.2. The quantitative estimate of drug-likeness (QED) is 0.503. The number of nitrogens with one attached hydrogen (secondary N) is 2. The van der Waals surface area contributed by atoms with E-state index in [4.69, 9.17) is 19.4 Å². The second-order valence-corrected chi connectivity index (χ2v) is 8.08. The Morgan fingerprint density at radius 3 is 2.38 bits per heavy atom. The minimum Gasteiger partial charge on any atom is -0.481 e. The van der Waals surface area contributed by atoms with Crippen molar-refractivity contribution in [3.05, 3.63) is 48.5 Å². The summed E-state index contributed by atoms with van der Waals surface area (Å²) in [7, 11) is 1.60. The smallest absolute Gasteiger partial charge is 0.300 e. The van der Waals surface area contributed by atoms with Gasteiger partial charge >= 0.3 is 0 Å². The SMILES string of the molecule is CC(=O)O.COc1ccc2c(n1)NC(c1cnc(-c3ccc(OC4CCCCC4)nc3)cn1)N2. The van der Waals surface area contributed by atoms with Crippen LogP contribution >= 0.6 is 0 Å². The van der Waals surface area contributed by atoms with Crippen LogP contribution in [0, 0.1) is 0 Å². The number of methoxy groups -OCH3 is 1. The molecule has 1 unspecified atom stereocenters. The van der Waals surface area contributed by atoms with Crippen molar-refractivity contribution in [1.82, 2.24) is 19.9 Å². The number of hydrogen-bond acceptors (Lipinski definition) is 9. The lowest BCUT2D eigenvalue weighted by molar-refractivity contribution is -0.134. The molecule has 178 valence electrons. The maximum atomic E-state index is 9.00. The number of carbonyl (C=O) groups is 1. The van der Waals surface area contributed by atoms with E-state index in [9.17, 15) is 0 Å². The van der Waals surface area contributed by atoms with Gasteiger partial charge in [-0.1, -0.05) is 6.42 Å². The zero-order valence-corrected chi connectivity index (χ0v) is 19.2. The normalized spacial score (nSPS) is 16.8. The van der Waals surface area contributed by atoms with Crippen molar-refractivity contribution in [2.75, 3.05) is 17.7 Å². The molecule has 4 heterocycles. The van der Waals surface area contributed by atoms with E-state index in [2.05, 4.69) is 30.6 Å². The largest absolute Gasteiger partial charge is 0.481 e. The second-order valence-electron chi connectivity index (χ2n) is 8.08. The molecule has 0 amide bonds. The Balaban J connectivity index is 0.000000636. The molecule has 0 aromatic carbocycles. The first-order valence-electron chi connectivity index (χ1n) is 11.2. The van der Waals surface area contributed by atoms with Gasteiger partial charge in [-0.15, -0.1) is 0 Å². The molecule has 1 atom stereocenters. The summed E-state index contributed by atoms with van der Waals surface area (Å²) in [6.45, 7) is 1.08. The minimum atomic E-state index is -0.833. The van der Waals surface area contributed by atoms with Gasteiger partial charge < -0.3 is 25.2 Å². The second kappa shape index (κ2) is 10.8. The van der Waals surface area contributed by atoms with Gasteiger partial charge in [0.25, 0.3) is 5.97 Å². The Morgan fingerprint density at radius 2 is 1.74 bits per heavy atom. The first-order chi connectivity index (χ1) is 16.5. The Kier molecular flexibility index (Phi) is 7.36. The highest BCUT2D eigenvalue weighted by atomic mass is 16.5. The molecule has 10 heteroatoms. The molecule has 3 N–H and O–H groups in total. The number of carboxylic acid groups (broad SMARTS) is 1. The van der Waals surface area contributed by atoms with Crippen LogP contribution in [0.3, 0.4) is 0 Å². The fraction of sp³-hybridized carbons (Fsp3) is 0.375. The van der Waals surface area contributed by atoms with Crippen LogP contribution in [-0.2, 0) is 4.79 Å².